The minimum absolute atomic E-state index is 0.125. The average Bonchev–Trinajstić information content (AvgIpc) is 2.28. The summed E-state index contributed by atoms with van der Waals surface area (Å²) in [5, 5.41) is 0. The first-order valence-corrected chi connectivity index (χ1v) is 5.82. The molecule has 0 aliphatic rings. The Morgan fingerprint density at radius 3 is 2.56 bits per heavy atom. The molecule has 0 saturated heterocycles. The molecule has 0 amide bonds. The van der Waals surface area contributed by atoms with Crippen molar-refractivity contribution in [2.45, 2.75) is 32.6 Å². The van der Waals surface area contributed by atoms with Crippen molar-refractivity contribution >= 4 is 0 Å². The summed E-state index contributed by atoms with van der Waals surface area (Å²) >= 11 is 0. The third-order valence-corrected chi connectivity index (χ3v) is 2.67. The Bertz CT molecular complexity index is 352. The Labute approximate surface area is 99.1 Å². The second-order valence-electron chi connectivity index (χ2n) is 4.23. The Kier molecular flexibility index (Phi) is 4.60. The molecule has 0 aliphatic carbocycles. The van der Waals surface area contributed by atoms with E-state index in [1.165, 1.54) is 5.56 Å². The summed E-state index contributed by atoms with van der Waals surface area (Å²) in [6, 6.07) is 6.32. The van der Waals surface area contributed by atoms with E-state index in [0.29, 0.717) is 12.5 Å². The first-order chi connectivity index (χ1) is 7.60. The molecule has 0 aliphatic heterocycles. The number of allylic oxidation sites excluding steroid dienone is 1. The maximum atomic E-state index is 5.67. The van der Waals surface area contributed by atoms with Crippen molar-refractivity contribution in [3.8, 4) is 5.75 Å². The van der Waals surface area contributed by atoms with Gasteiger partial charge in [-0.05, 0) is 37.0 Å². The molecule has 87 valence electrons. The maximum Gasteiger partial charge on any atom is 0.123 e. The predicted octanol–water partition coefficient (Wildman–Crippen LogP) is 4.31. The van der Waals surface area contributed by atoms with Gasteiger partial charge in [-0.2, -0.15) is 0 Å². The monoisotopic (exact) mass is 217 g/mol. The molecule has 0 N–H and O–H groups in total. The minimum atomic E-state index is 0.125. The summed E-state index contributed by atoms with van der Waals surface area (Å²) in [6.07, 6.45) is 1.85. The molecular formula is C15H21O. The summed E-state index contributed by atoms with van der Waals surface area (Å²) in [6.45, 7) is 14.8. The lowest BCUT2D eigenvalue weighted by molar-refractivity contribution is 0.335. The largest absolute Gasteiger partial charge is 0.494 e. The number of rotatable bonds is 5. The summed E-state index contributed by atoms with van der Waals surface area (Å²) in [5.41, 5.74) is 2.41. The molecule has 0 heterocycles. The Balaban J connectivity index is 3.11. The van der Waals surface area contributed by atoms with Crippen LogP contribution in [0.5, 0.6) is 5.75 Å². The van der Waals surface area contributed by atoms with Crippen LogP contribution < -0.4 is 4.74 Å². The van der Waals surface area contributed by atoms with E-state index < -0.39 is 0 Å². The van der Waals surface area contributed by atoms with Gasteiger partial charge in [0.2, 0.25) is 0 Å². The van der Waals surface area contributed by atoms with Crippen molar-refractivity contribution in [2.75, 3.05) is 6.61 Å². The molecule has 1 radical (unpaired) electrons. The van der Waals surface area contributed by atoms with Crippen LogP contribution in [-0.2, 0) is 0 Å². The smallest absolute Gasteiger partial charge is 0.123 e. The van der Waals surface area contributed by atoms with Gasteiger partial charge in [0, 0.05) is 5.92 Å². The van der Waals surface area contributed by atoms with Crippen molar-refractivity contribution in [1.29, 1.82) is 0 Å². The van der Waals surface area contributed by atoms with Gasteiger partial charge in [-0.1, -0.05) is 32.1 Å². The second-order valence-corrected chi connectivity index (χ2v) is 4.23. The number of ether oxygens (including phenoxy) is 1. The Morgan fingerprint density at radius 1 is 1.38 bits per heavy atom. The fraction of sp³-hybridized carbons (Fsp3) is 0.400. The summed E-state index contributed by atoms with van der Waals surface area (Å²) < 4.78 is 5.67. The SMILES string of the molecule is [CH2]C(C=C)c1ccc(C(C)C)c(OCC)c1. The first-order valence-electron chi connectivity index (χ1n) is 5.82. The van der Waals surface area contributed by atoms with Crippen molar-refractivity contribution < 1.29 is 4.74 Å². The third-order valence-electron chi connectivity index (χ3n) is 2.67. The van der Waals surface area contributed by atoms with Gasteiger partial charge >= 0.3 is 0 Å². The van der Waals surface area contributed by atoms with E-state index >= 15 is 0 Å². The topological polar surface area (TPSA) is 9.23 Å². The summed E-state index contributed by atoms with van der Waals surface area (Å²) in [4.78, 5) is 0. The quantitative estimate of drug-likeness (QED) is 0.668. The fourth-order valence-corrected chi connectivity index (χ4v) is 1.68. The van der Waals surface area contributed by atoms with E-state index in [1.54, 1.807) is 0 Å². The van der Waals surface area contributed by atoms with Crippen LogP contribution in [0.15, 0.2) is 30.9 Å². The molecule has 0 spiro atoms. The van der Waals surface area contributed by atoms with Crippen LogP contribution in [0.25, 0.3) is 0 Å². The van der Waals surface area contributed by atoms with Gasteiger partial charge in [-0.15, -0.1) is 6.58 Å². The molecule has 1 unspecified atom stereocenters. The van der Waals surface area contributed by atoms with Crippen LogP contribution in [-0.4, -0.2) is 6.61 Å². The lowest BCUT2D eigenvalue weighted by Crippen LogP contribution is -2.00. The first kappa shape index (κ1) is 12.8. The number of hydrogen-bond acceptors (Lipinski definition) is 1. The molecule has 1 aromatic carbocycles. The molecule has 16 heavy (non-hydrogen) atoms. The van der Waals surface area contributed by atoms with Gasteiger partial charge < -0.3 is 4.74 Å². The Hall–Kier alpha value is -1.24. The normalized spacial score (nSPS) is 12.6. The molecule has 0 bridgehead atoms. The van der Waals surface area contributed by atoms with Gasteiger partial charge in [-0.25, -0.2) is 0 Å². The zero-order valence-corrected chi connectivity index (χ0v) is 10.5. The summed E-state index contributed by atoms with van der Waals surface area (Å²) in [5.74, 6) is 1.58. The van der Waals surface area contributed by atoms with E-state index in [-0.39, 0.29) is 5.92 Å². The highest BCUT2D eigenvalue weighted by Crippen LogP contribution is 2.30. The van der Waals surface area contributed by atoms with E-state index in [2.05, 4.69) is 45.5 Å². The van der Waals surface area contributed by atoms with Crippen molar-refractivity contribution in [1.82, 2.24) is 0 Å². The molecule has 0 aromatic heterocycles. The molecule has 1 rings (SSSR count). The van der Waals surface area contributed by atoms with Crippen LogP contribution in [0.3, 0.4) is 0 Å². The third kappa shape index (κ3) is 2.88. The van der Waals surface area contributed by atoms with Gasteiger partial charge in [0.1, 0.15) is 5.75 Å². The summed E-state index contributed by atoms with van der Waals surface area (Å²) in [7, 11) is 0. The van der Waals surface area contributed by atoms with E-state index in [0.717, 1.165) is 11.3 Å². The van der Waals surface area contributed by atoms with Gasteiger partial charge in [0.05, 0.1) is 6.61 Å². The predicted molar refractivity (Wildman–Crippen MR) is 70.0 cm³/mol. The highest BCUT2D eigenvalue weighted by atomic mass is 16.5. The van der Waals surface area contributed by atoms with Crippen molar-refractivity contribution in [3.63, 3.8) is 0 Å². The van der Waals surface area contributed by atoms with Gasteiger partial charge in [0.15, 0.2) is 0 Å². The molecule has 0 saturated carbocycles. The van der Waals surface area contributed by atoms with Crippen LogP contribution in [0.1, 0.15) is 43.7 Å². The molecule has 1 aromatic rings. The number of hydrogen-bond donors (Lipinski definition) is 0. The molecule has 1 nitrogen and oxygen atoms in total. The van der Waals surface area contributed by atoms with E-state index in [1.807, 2.05) is 13.0 Å². The van der Waals surface area contributed by atoms with Crippen LogP contribution in [0.2, 0.25) is 0 Å². The highest BCUT2D eigenvalue weighted by Gasteiger charge is 2.10. The zero-order chi connectivity index (χ0) is 12.1. The van der Waals surface area contributed by atoms with Gasteiger partial charge in [0.25, 0.3) is 0 Å². The molecule has 1 atom stereocenters. The van der Waals surface area contributed by atoms with E-state index in [9.17, 15) is 0 Å². The fourth-order valence-electron chi connectivity index (χ4n) is 1.68. The lowest BCUT2D eigenvalue weighted by atomic mass is 9.95. The standard InChI is InChI=1S/C15H21O/c1-6-12(5)13-8-9-14(11(3)4)15(10-13)16-7-2/h6,8-12H,1,5,7H2,2-4H3. The van der Waals surface area contributed by atoms with Crippen molar-refractivity contribution in [3.05, 3.63) is 48.9 Å². The molecule has 0 fully saturated rings. The van der Waals surface area contributed by atoms with E-state index in [4.69, 9.17) is 4.74 Å². The maximum absolute atomic E-state index is 5.67. The van der Waals surface area contributed by atoms with Crippen LogP contribution in [0.4, 0.5) is 0 Å². The van der Waals surface area contributed by atoms with Crippen LogP contribution in [0, 0.1) is 6.92 Å². The minimum Gasteiger partial charge on any atom is -0.494 e. The number of benzene rings is 1. The van der Waals surface area contributed by atoms with Gasteiger partial charge in [-0.3, -0.25) is 0 Å². The van der Waals surface area contributed by atoms with Crippen molar-refractivity contribution in [2.24, 2.45) is 0 Å². The average molecular weight is 217 g/mol. The molecular weight excluding hydrogens is 196 g/mol. The molecule has 1 heteroatoms. The zero-order valence-electron chi connectivity index (χ0n) is 10.5. The Morgan fingerprint density at radius 2 is 2.06 bits per heavy atom. The second kappa shape index (κ2) is 5.74. The highest BCUT2D eigenvalue weighted by molar-refractivity contribution is 5.41. The van der Waals surface area contributed by atoms with Crippen LogP contribution >= 0.6 is 0 Å². The lowest BCUT2D eigenvalue weighted by Gasteiger charge is -2.16.